The van der Waals surface area contributed by atoms with Gasteiger partial charge in [-0.15, -0.1) is 10.2 Å². The number of rotatable bonds is 2. The average Bonchev–Trinajstić information content (AvgIpc) is 2.78. The molecular weight excluding hydrogens is 184 g/mol. The largest absolute Gasteiger partial charge is 0.307 e. The molecule has 0 fully saturated rings. The zero-order valence-electron chi connectivity index (χ0n) is 7.49. The van der Waals surface area contributed by atoms with Gasteiger partial charge in [-0.05, 0) is 13.1 Å². The van der Waals surface area contributed by atoms with Gasteiger partial charge in [0, 0.05) is 12.4 Å². The molecule has 13 heavy (non-hydrogen) atoms. The fraction of sp³-hybridized carbons (Fsp3) is 0.333. The molecule has 0 aromatic carbocycles. The summed E-state index contributed by atoms with van der Waals surface area (Å²) in [5.74, 6) is 0. The van der Waals surface area contributed by atoms with Crippen molar-refractivity contribution in [2.24, 2.45) is 0 Å². The van der Waals surface area contributed by atoms with Crippen LogP contribution in [0.4, 0.5) is 0 Å². The zero-order chi connectivity index (χ0) is 9.31. The second-order valence-electron chi connectivity index (χ2n) is 3.19. The Bertz CT molecular complexity index is 327. The molecule has 0 aliphatic rings. The van der Waals surface area contributed by atoms with Crippen molar-refractivity contribution in [2.45, 2.75) is 13.1 Å². The second-order valence-corrected chi connectivity index (χ2v) is 7.09. The highest BCUT2D eigenvalue weighted by Gasteiger charge is 2.28. The van der Waals surface area contributed by atoms with Crippen LogP contribution in [-0.2, 0) is 0 Å². The topological polar surface area (TPSA) is 61.4 Å². The third kappa shape index (κ3) is 1.26. The van der Waals surface area contributed by atoms with Gasteiger partial charge in [0.25, 0.3) is 0 Å². The molecule has 2 heterocycles. The van der Waals surface area contributed by atoms with Crippen LogP contribution in [0.5, 0.6) is 0 Å². The third-order valence-corrected chi connectivity index (χ3v) is 4.69. The molecule has 0 bridgehead atoms. The Morgan fingerprint density at radius 2 is 1.38 bits per heavy atom. The summed E-state index contributed by atoms with van der Waals surface area (Å²) in [6, 6.07) is 0. The van der Waals surface area contributed by atoms with Crippen molar-refractivity contribution in [3.63, 3.8) is 0 Å². The maximum atomic E-state index is 3.98. The molecule has 68 valence electrons. The summed E-state index contributed by atoms with van der Waals surface area (Å²) in [5.41, 5.74) is 0. The quantitative estimate of drug-likeness (QED) is 0.630. The smallest absolute Gasteiger partial charge is 0.258 e. The van der Waals surface area contributed by atoms with E-state index in [2.05, 4.69) is 33.7 Å². The van der Waals surface area contributed by atoms with Crippen molar-refractivity contribution in [1.29, 1.82) is 0 Å². The highest BCUT2D eigenvalue weighted by molar-refractivity contribution is 6.73. The lowest BCUT2D eigenvalue weighted by Gasteiger charge is -2.20. The third-order valence-electron chi connectivity index (χ3n) is 1.97. The van der Waals surface area contributed by atoms with E-state index < -0.39 is 8.40 Å². The van der Waals surface area contributed by atoms with Crippen molar-refractivity contribution >= 4 is 8.40 Å². The molecule has 6 nitrogen and oxygen atoms in total. The van der Waals surface area contributed by atoms with Crippen LogP contribution in [0.3, 0.4) is 0 Å². The van der Waals surface area contributed by atoms with E-state index in [1.54, 1.807) is 12.4 Å². The van der Waals surface area contributed by atoms with Gasteiger partial charge >= 0.3 is 8.40 Å². The zero-order valence-corrected chi connectivity index (χ0v) is 8.49. The van der Waals surface area contributed by atoms with E-state index in [4.69, 9.17) is 0 Å². The van der Waals surface area contributed by atoms with Crippen molar-refractivity contribution in [3.05, 3.63) is 24.8 Å². The van der Waals surface area contributed by atoms with Gasteiger partial charge in [-0.1, -0.05) is 10.4 Å². The van der Waals surface area contributed by atoms with Crippen molar-refractivity contribution in [1.82, 2.24) is 29.3 Å². The Morgan fingerprint density at radius 3 is 1.69 bits per heavy atom. The number of nitrogens with zero attached hydrogens (tertiary/aromatic N) is 6. The van der Waals surface area contributed by atoms with E-state index in [1.165, 1.54) is 0 Å². The SMILES string of the molecule is C[Si](C)(n1ccnn1)n1ccnn1. The summed E-state index contributed by atoms with van der Waals surface area (Å²) in [6.07, 6.45) is 7.05. The second kappa shape index (κ2) is 2.77. The predicted molar refractivity (Wildman–Crippen MR) is 48.3 cm³/mol. The molecule has 0 saturated carbocycles. The minimum absolute atomic E-state index is 1.67. The summed E-state index contributed by atoms with van der Waals surface area (Å²) >= 11 is 0. The van der Waals surface area contributed by atoms with Crippen LogP contribution in [0.1, 0.15) is 0 Å². The summed E-state index contributed by atoms with van der Waals surface area (Å²) in [6.45, 7) is 4.24. The minimum Gasteiger partial charge on any atom is -0.258 e. The Kier molecular flexibility index (Phi) is 1.73. The van der Waals surface area contributed by atoms with Gasteiger partial charge in [0.1, 0.15) is 0 Å². The molecule has 7 heteroatoms. The molecule has 2 aromatic rings. The molecule has 0 spiro atoms. The molecule has 0 saturated heterocycles. The number of hydrogen-bond acceptors (Lipinski definition) is 4. The van der Waals surface area contributed by atoms with Crippen molar-refractivity contribution in [3.8, 4) is 0 Å². The number of aromatic nitrogens is 6. The van der Waals surface area contributed by atoms with Crippen LogP contribution >= 0.6 is 0 Å². The lowest BCUT2D eigenvalue weighted by molar-refractivity contribution is 0.756. The van der Waals surface area contributed by atoms with Crippen molar-refractivity contribution < 1.29 is 0 Å². The molecule has 2 aromatic heterocycles. The van der Waals surface area contributed by atoms with Crippen LogP contribution in [0.25, 0.3) is 0 Å². The normalized spacial score (nSPS) is 11.8. The molecule has 0 radical (unpaired) electrons. The maximum absolute atomic E-state index is 3.98. The van der Waals surface area contributed by atoms with E-state index >= 15 is 0 Å². The highest BCUT2D eigenvalue weighted by atomic mass is 28.3. The van der Waals surface area contributed by atoms with E-state index in [9.17, 15) is 0 Å². The van der Waals surface area contributed by atoms with E-state index in [0.29, 0.717) is 0 Å². The monoisotopic (exact) mass is 194 g/mol. The molecule has 0 aliphatic heterocycles. The Hall–Kier alpha value is -1.50. The van der Waals surface area contributed by atoms with Crippen LogP contribution in [-0.4, -0.2) is 37.7 Å². The minimum atomic E-state index is -1.86. The average molecular weight is 194 g/mol. The van der Waals surface area contributed by atoms with Crippen LogP contribution in [0, 0.1) is 0 Å². The first kappa shape index (κ1) is 8.11. The van der Waals surface area contributed by atoms with Gasteiger partial charge in [0.15, 0.2) is 0 Å². The van der Waals surface area contributed by atoms with Gasteiger partial charge in [-0.2, -0.15) is 0 Å². The summed E-state index contributed by atoms with van der Waals surface area (Å²) in [4.78, 5) is 0. The molecule has 0 unspecified atom stereocenters. The molecule has 0 N–H and O–H groups in total. The van der Waals surface area contributed by atoms with E-state index in [0.717, 1.165) is 0 Å². The highest BCUT2D eigenvalue weighted by Crippen LogP contribution is 2.05. The van der Waals surface area contributed by atoms with Crippen LogP contribution in [0.2, 0.25) is 13.1 Å². The van der Waals surface area contributed by atoms with Crippen LogP contribution < -0.4 is 0 Å². The van der Waals surface area contributed by atoms with Gasteiger partial charge in [0.05, 0.1) is 12.4 Å². The number of hydrogen-bond donors (Lipinski definition) is 0. The fourth-order valence-corrected chi connectivity index (χ4v) is 2.72. The first-order valence-corrected chi connectivity index (χ1v) is 6.84. The van der Waals surface area contributed by atoms with E-state index in [-0.39, 0.29) is 0 Å². The predicted octanol–water partition coefficient (Wildman–Crippen LogP) is -0.0322. The Balaban J connectivity index is 2.42. The van der Waals surface area contributed by atoms with Gasteiger partial charge in [0.2, 0.25) is 0 Å². The lowest BCUT2D eigenvalue weighted by Crippen LogP contribution is -2.46. The lowest BCUT2D eigenvalue weighted by atomic mass is 11.0. The molecular formula is C6H10N6Si. The summed E-state index contributed by atoms with van der Waals surface area (Å²) < 4.78 is 3.73. The fourth-order valence-electron chi connectivity index (χ4n) is 1.11. The van der Waals surface area contributed by atoms with Gasteiger partial charge in [-0.3, -0.25) is 8.69 Å². The Morgan fingerprint density at radius 1 is 0.923 bits per heavy atom. The van der Waals surface area contributed by atoms with Gasteiger partial charge in [-0.25, -0.2) is 0 Å². The first-order chi connectivity index (χ1) is 6.21. The molecule has 0 amide bonds. The summed E-state index contributed by atoms with van der Waals surface area (Å²) in [7, 11) is -1.86. The van der Waals surface area contributed by atoms with Crippen molar-refractivity contribution in [2.75, 3.05) is 0 Å². The summed E-state index contributed by atoms with van der Waals surface area (Å²) in [5, 5.41) is 15.5. The molecule has 2 rings (SSSR count). The maximum Gasteiger partial charge on any atom is 0.307 e. The standard InChI is InChI=1S/C6H10N6Si/c1-13(2,11-5-3-7-9-11)12-6-4-8-10-12/h3-6H,1-2H3. The van der Waals surface area contributed by atoms with Gasteiger partial charge < -0.3 is 0 Å². The first-order valence-electron chi connectivity index (χ1n) is 3.95. The van der Waals surface area contributed by atoms with Crippen LogP contribution in [0.15, 0.2) is 24.8 Å². The molecule has 0 atom stereocenters. The van der Waals surface area contributed by atoms with E-state index in [1.807, 2.05) is 21.1 Å². The molecule has 0 aliphatic carbocycles. The Labute approximate surface area is 76.3 Å².